The number of nitrogens with zero attached hydrogens (tertiary/aromatic N) is 1. The average molecular weight is 251 g/mol. The summed E-state index contributed by atoms with van der Waals surface area (Å²) in [7, 11) is 0. The highest BCUT2D eigenvalue weighted by molar-refractivity contribution is 5.39. The lowest BCUT2D eigenvalue weighted by molar-refractivity contribution is 0.482. The van der Waals surface area contributed by atoms with Gasteiger partial charge in [-0.05, 0) is 48.7 Å². The number of hydrogen-bond donors (Lipinski definition) is 0. The Kier molecular flexibility index (Phi) is 4.58. The quantitative estimate of drug-likeness (QED) is 0.772. The Labute approximate surface area is 114 Å². The van der Waals surface area contributed by atoms with Crippen molar-refractivity contribution in [2.45, 2.75) is 26.2 Å². The molecule has 0 atom stereocenters. The molecule has 0 unspecified atom stereocenters. The Morgan fingerprint density at radius 3 is 2.53 bits per heavy atom. The summed E-state index contributed by atoms with van der Waals surface area (Å²) in [4.78, 5) is 0. The maximum Gasteiger partial charge on any atom is 0.128 e. The van der Waals surface area contributed by atoms with Crippen molar-refractivity contribution in [3.63, 3.8) is 0 Å². The number of rotatable bonds is 5. The molecule has 0 aromatic heterocycles. The monoisotopic (exact) mass is 251 g/mol. The van der Waals surface area contributed by atoms with Crippen molar-refractivity contribution < 1.29 is 4.74 Å². The van der Waals surface area contributed by atoms with E-state index >= 15 is 0 Å². The zero-order chi connectivity index (χ0) is 13.5. The standard InChI is InChI=1S/C17H17NO/c1-2-3-5-14-8-10-16(11-9-14)19-17-7-4-6-15(12-17)13-18/h4,6-12H,2-3,5H2,1H3. The lowest BCUT2D eigenvalue weighted by Gasteiger charge is -2.07. The summed E-state index contributed by atoms with van der Waals surface area (Å²) in [6.45, 7) is 2.19. The fourth-order valence-electron chi connectivity index (χ4n) is 1.87. The van der Waals surface area contributed by atoms with E-state index in [1.54, 1.807) is 12.1 Å². The molecule has 0 aliphatic heterocycles. The van der Waals surface area contributed by atoms with Crippen LogP contribution in [-0.4, -0.2) is 0 Å². The van der Waals surface area contributed by atoms with Crippen molar-refractivity contribution in [2.24, 2.45) is 0 Å². The second kappa shape index (κ2) is 6.61. The van der Waals surface area contributed by atoms with Gasteiger partial charge in [0.05, 0.1) is 11.6 Å². The largest absolute Gasteiger partial charge is 0.457 e. The van der Waals surface area contributed by atoms with Gasteiger partial charge in [-0.3, -0.25) is 0 Å². The van der Waals surface area contributed by atoms with Crippen molar-refractivity contribution >= 4 is 0 Å². The smallest absolute Gasteiger partial charge is 0.128 e. The summed E-state index contributed by atoms with van der Waals surface area (Å²) in [6.07, 6.45) is 3.53. The Morgan fingerprint density at radius 1 is 1.05 bits per heavy atom. The van der Waals surface area contributed by atoms with E-state index in [1.807, 2.05) is 24.3 Å². The topological polar surface area (TPSA) is 33.0 Å². The Hall–Kier alpha value is -2.27. The second-order valence-electron chi connectivity index (χ2n) is 4.49. The molecule has 2 heteroatoms. The third-order valence-electron chi connectivity index (χ3n) is 2.94. The lowest BCUT2D eigenvalue weighted by Crippen LogP contribution is -1.87. The summed E-state index contributed by atoms with van der Waals surface area (Å²) in [5, 5.41) is 8.84. The molecule has 0 heterocycles. The molecule has 2 aromatic rings. The van der Waals surface area contributed by atoms with Gasteiger partial charge in [-0.2, -0.15) is 5.26 Å². The zero-order valence-electron chi connectivity index (χ0n) is 11.1. The van der Waals surface area contributed by atoms with Crippen molar-refractivity contribution in [2.75, 3.05) is 0 Å². The number of unbranched alkanes of at least 4 members (excludes halogenated alkanes) is 1. The Balaban J connectivity index is 2.04. The molecule has 0 N–H and O–H groups in total. The van der Waals surface area contributed by atoms with E-state index in [2.05, 4.69) is 25.1 Å². The lowest BCUT2D eigenvalue weighted by atomic mass is 10.1. The first-order chi connectivity index (χ1) is 9.31. The highest BCUT2D eigenvalue weighted by Gasteiger charge is 1.99. The van der Waals surface area contributed by atoms with Crippen molar-refractivity contribution in [1.82, 2.24) is 0 Å². The third kappa shape index (κ3) is 3.86. The predicted octanol–water partition coefficient (Wildman–Crippen LogP) is 4.69. The zero-order valence-corrected chi connectivity index (χ0v) is 11.1. The first kappa shape index (κ1) is 13.2. The summed E-state index contributed by atoms with van der Waals surface area (Å²) in [6, 6.07) is 17.4. The fourth-order valence-corrected chi connectivity index (χ4v) is 1.87. The van der Waals surface area contributed by atoms with Crippen molar-refractivity contribution in [3.8, 4) is 17.6 Å². The van der Waals surface area contributed by atoms with Gasteiger partial charge in [0.25, 0.3) is 0 Å². The molecule has 0 aliphatic carbocycles. The number of hydrogen-bond acceptors (Lipinski definition) is 2. The van der Waals surface area contributed by atoms with E-state index in [1.165, 1.54) is 18.4 Å². The van der Waals surface area contributed by atoms with Crippen LogP contribution < -0.4 is 4.74 Å². The van der Waals surface area contributed by atoms with Crippen LogP contribution in [0.2, 0.25) is 0 Å². The molecular formula is C17H17NO. The number of nitriles is 1. The van der Waals surface area contributed by atoms with Gasteiger partial charge in [-0.15, -0.1) is 0 Å². The second-order valence-corrected chi connectivity index (χ2v) is 4.49. The van der Waals surface area contributed by atoms with Crippen LogP contribution in [0.15, 0.2) is 48.5 Å². The van der Waals surface area contributed by atoms with Gasteiger partial charge < -0.3 is 4.74 Å². The van der Waals surface area contributed by atoms with Gasteiger partial charge in [0.15, 0.2) is 0 Å². The SMILES string of the molecule is CCCCc1ccc(Oc2cccc(C#N)c2)cc1. The van der Waals surface area contributed by atoms with Gasteiger partial charge in [-0.25, -0.2) is 0 Å². The molecule has 0 saturated carbocycles. The number of ether oxygens (including phenoxy) is 1. The maximum absolute atomic E-state index is 8.84. The molecule has 96 valence electrons. The third-order valence-corrected chi connectivity index (χ3v) is 2.94. The van der Waals surface area contributed by atoms with Crippen LogP contribution in [0.1, 0.15) is 30.9 Å². The van der Waals surface area contributed by atoms with Gasteiger partial charge in [-0.1, -0.05) is 31.5 Å². The minimum Gasteiger partial charge on any atom is -0.457 e. The van der Waals surface area contributed by atoms with Gasteiger partial charge in [0, 0.05) is 0 Å². The van der Waals surface area contributed by atoms with Crippen LogP contribution in [0.3, 0.4) is 0 Å². The van der Waals surface area contributed by atoms with Crippen LogP contribution in [0, 0.1) is 11.3 Å². The molecule has 0 amide bonds. The van der Waals surface area contributed by atoms with E-state index in [0.717, 1.165) is 12.2 Å². The average Bonchev–Trinajstić information content (AvgIpc) is 2.47. The molecule has 2 rings (SSSR count). The van der Waals surface area contributed by atoms with E-state index in [4.69, 9.17) is 10.00 Å². The van der Waals surface area contributed by atoms with Gasteiger partial charge >= 0.3 is 0 Å². The Morgan fingerprint density at radius 2 is 1.84 bits per heavy atom. The van der Waals surface area contributed by atoms with Crippen molar-refractivity contribution in [3.05, 3.63) is 59.7 Å². The summed E-state index contributed by atoms with van der Waals surface area (Å²) < 4.78 is 5.73. The molecule has 0 saturated heterocycles. The molecule has 19 heavy (non-hydrogen) atoms. The molecule has 0 fully saturated rings. The molecule has 0 bridgehead atoms. The van der Waals surface area contributed by atoms with Gasteiger partial charge in [0.2, 0.25) is 0 Å². The van der Waals surface area contributed by atoms with E-state index in [-0.39, 0.29) is 0 Å². The van der Waals surface area contributed by atoms with E-state index < -0.39 is 0 Å². The van der Waals surface area contributed by atoms with Crippen LogP contribution in [-0.2, 0) is 6.42 Å². The summed E-state index contributed by atoms with van der Waals surface area (Å²) in [5.41, 5.74) is 1.94. The van der Waals surface area contributed by atoms with E-state index in [0.29, 0.717) is 11.3 Å². The molecule has 0 spiro atoms. The molecule has 0 aliphatic rings. The van der Waals surface area contributed by atoms with E-state index in [9.17, 15) is 0 Å². The minimum atomic E-state index is 0.608. The summed E-state index contributed by atoms with van der Waals surface area (Å²) >= 11 is 0. The fraction of sp³-hybridized carbons (Fsp3) is 0.235. The molecule has 0 radical (unpaired) electrons. The van der Waals surface area contributed by atoms with Crippen LogP contribution in [0.5, 0.6) is 11.5 Å². The molecule has 2 aromatic carbocycles. The maximum atomic E-state index is 8.84. The number of aryl methyl sites for hydroxylation is 1. The number of benzene rings is 2. The van der Waals surface area contributed by atoms with Crippen LogP contribution >= 0.6 is 0 Å². The van der Waals surface area contributed by atoms with Crippen molar-refractivity contribution in [1.29, 1.82) is 5.26 Å². The first-order valence-corrected chi connectivity index (χ1v) is 6.59. The highest BCUT2D eigenvalue weighted by atomic mass is 16.5. The first-order valence-electron chi connectivity index (χ1n) is 6.59. The normalized spacial score (nSPS) is 9.89. The van der Waals surface area contributed by atoms with Crippen LogP contribution in [0.4, 0.5) is 0 Å². The van der Waals surface area contributed by atoms with Gasteiger partial charge in [0.1, 0.15) is 11.5 Å². The van der Waals surface area contributed by atoms with Crippen LogP contribution in [0.25, 0.3) is 0 Å². The Bertz CT molecular complexity index is 567. The molecule has 2 nitrogen and oxygen atoms in total. The minimum absolute atomic E-state index is 0.608. The molecular weight excluding hydrogens is 234 g/mol. The summed E-state index contributed by atoms with van der Waals surface area (Å²) in [5.74, 6) is 1.50. The highest BCUT2D eigenvalue weighted by Crippen LogP contribution is 2.22. The predicted molar refractivity (Wildman–Crippen MR) is 76.3 cm³/mol.